The summed E-state index contributed by atoms with van der Waals surface area (Å²) in [6.07, 6.45) is 5.19. The van der Waals surface area contributed by atoms with E-state index in [0.717, 1.165) is 48.9 Å². The van der Waals surface area contributed by atoms with E-state index in [1.165, 1.54) is 0 Å². The van der Waals surface area contributed by atoms with Gasteiger partial charge in [-0.05, 0) is 26.3 Å². The lowest BCUT2D eigenvalue weighted by molar-refractivity contribution is 0.989. The zero-order valence-corrected chi connectivity index (χ0v) is 16.8. The second kappa shape index (κ2) is 7.26. The van der Waals surface area contributed by atoms with Gasteiger partial charge >= 0.3 is 0 Å². The number of nitrogens with one attached hydrogen (secondary N) is 1. The fourth-order valence-corrected chi connectivity index (χ4v) is 4.06. The number of halogens is 2. The number of hydrogen-bond acceptors (Lipinski definition) is 7. The van der Waals surface area contributed by atoms with Crippen LogP contribution in [-0.2, 0) is 6.54 Å². The molecule has 26 heavy (non-hydrogen) atoms. The summed E-state index contributed by atoms with van der Waals surface area (Å²) in [5.74, 6) is 1.54. The van der Waals surface area contributed by atoms with Gasteiger partial charge in [0.2, 0.25) is 0 Å². The van der Waals surface area contributed by atoms with Crippen LogP contribution in [0.5, 0.6) is 0 Å². The number of hydrogen-bond donors (Lipinski definition) is 1. The molecule has 0 spiro atoms. The molecule has 0 aliphatic rings. The van der Waals surface area contributed by atoms with Crippen molar-refractivity contribution in [3.8, 4) is 0 Å². The summed E-state index contributed by atoms with van der Waals surface area (Å²) < 4.78 is 0.975. The van der Waals surface area contributed by atoms with Gasteiger partial charge in [-0.2, -0.15) is 0 Å². The number of pyridine rings is 1. The van der Waals surface area contributed by atoms with Gasteiger partial charge in [0.1, 0.15) is 22.8 Å². The first-order chi connectivity index (χ1) is 12.0. The van der Waals surface area contributed by atoms with Gasteiger partial charge in [0.25, 0.3) is 0 Å². The van der Waals surface area contributed by atoms with Gasteiger partial charge in [-0.15, -0.1) is 23.7 Å². The molecule has 6 nitrogen and oxygen atoms in total. The molecule has 0 atom stereocenters. The molecule has 4 aromatic rings. The van der Waals surface area contributed by atoms with E-state index in [1.54, 1.807) is 17.7 Å². The molecule has 0 amide bonds. The molecular formula is C17H16Cl2N6S. The quantitative estimate of drug-likeness (QED) is 0.533. The summed E-state index contributed by atoms with van der Waals surface area (Å²) in [4.78, 5) is 22.8. The molecule has 0 radical (unpaired) electrons. The molecule has 4 rings (SSSR count). The minimum absolute atomic E-state index is 0. The normalized spacial score (nSPS) is 10.9. The number of aromatic nitrogens is 5. The van der Waals surface area contributed by atoms with Gasteiger partial charge in [0.05, 0.1) is 20.9 Å². The highest BCUT2D eigenvalue weighted by Gasteiger charge is 2.17. The van der Waals surface area contributed by atoms with Crippen molar-refractivity contribution in [2.75, 3.05) is 5.32 Å². The lowest BCUT2D eigenvalue weighted by atomic mass is 10.1. The minimum Gasteiger partial charge on any atom is -0.365 e. The standard InChI is InChI=1S/C17H15ClN6S.ClH/c1-8-12-14-15(25-17(12)24-9(2)13(8)18)16(23-7-22-14)21-6-11-4-19-10(3)20-5-11;/h4-5,7H,6H2,1-3H3,(H,21,22,23);1H. The third-order valence-electron chi connectivity index (χ3n) is 4.04. The van der Waals surface area contributed by atoms with Gasteiger partial charge in [0.15, 0.2) is 0 Å². The van der Waals surface area contributed by atoms with E-state index >= 15 is 0 Å². The molecular weight excluding hydrogens is 391 g/mol. The third kappa shape index (κ3) is 3.18. The van der Waals surface area contributed by atoms with Crippen LogP contribution in [0.25, 0.3) is 20.4 Å². The Kier molecular flexibility index (Phi) is 5.22. The van der Waals surface area contributed by atoms with Crippen LogP contribution in [0.2, 0.25) is 5.02 Å². The van der Waals surface area contributed by atoms with Crippen molar-refractivity contribution in [2.24, 2.45) is 0 Å². The Bertz CT molecular complexity index is 1090. The zero-order valence-electron chi connectivity index (χ0n) is 14.4. The Balaban J connectivity index is 0.00000196. The van der Waals surface area contributed by atoms with Crippen LogP contribution in [0.4, 0.5) is 5.82 Å². The van der Waals surface area contributed by atoms with Gasteiger partial charge in [-0.25, -0.2) is 24.9 Å². The van der Waals surface area contributed by atoms with Crippen molar-refractivity contribution in [2.45, 2.75) is 27.3 Å². The lowest BCUT2D eigenvalue weighted by Crippen LogP contribution is -2.03. The van der Waals surface area contributed by atoms with Crippen molar-refractivity contribution < 1.29 is 0 Å². The molecule has 0 aliphatic carbocycles. The molecule has 1 N–H and O–H groups in total. The number of anilines is 1. The van der Waals surface area contributed by atoms with Crippen LogP contribution in [0, 0.1) is 20.8 Å². The van der Waals surface area contributed by atoms with Crippen molar-refractivity contribution >= 4 is 61.6 Å². The molecule has 0 saturated carbocycles. The van der Waals surface area contributed by atoms with Crippen molar-refractivity contribution in [1.82, 2.24) is 24.9 Å². The minimum atomic E-state index is 0. The maximum absolute atomic E-state index is 6.38. The predicted molar refractivity (Wildman–Crippen MR) is 109 cm³/mol. The number of aryl methyl sites for hydroxylation is 3. The van der Waals surface area contributed by atoms with Gasteiger partial charge < -0.3 is 5.32 Å². The first-order valence-electron chi connectivity index (χ1n) is 7.76. The lowest BCUT2D eigenvalue weighted by Gasteiger charge is -2.06. The third-order valence-corrected chi connectivity index (χ3v) is 5.68. The highest BCUT2D eigenvalue weighted by molar-refractivity contribution is 7.26. The summed E-state index contributed by atoms with van der Waals surface area (Å²) in [5.41, 5.74) is 3.71. The Hall–Kier alpha value is -2.09. The summed E-state index contributed by atoms with van der Waals surface area (Å²) in [5, 5.41) is 5.04. The molecule has 0 saturated heterocycles. The maximum Gasteiger partial charge on any atom is 0.147 e. The fourth-order valence-electron chi connectivity index (χ4n) is 2.72. The molecule has 134 valence electrons. The maximum atomic E-state index is 6.38. The molecule has 0 aromatic carbocycles. The van der Waals surface area contributed by atoms with E-state index in [9.17, 15) is 0 Å². The fraction of sp³-hybridized carbons (Fsp3) is 0.235. The Labute approximate surface area is 165 Å². The highest BCUT2D eigenvalue weighted by Crippen LogP contribution is 2.39. The van der Waals surface area contributed by atoms with E-state index in [1.807, 2.05) is 33.2 Å². The summed E-state index contributed by atoms with van der Waals surface area (Å²) in [7, 11) is 0. The monoisotopic (exact) mass is 406 g/mol. The van der Waals surface area contributed by atoms with Crippen molar-refractivity contribution in [1.29, 1.82) is 0 Å². The molecule has 0 unspecified atom stereocenters. The number of thiophene rings is 1. The Morgan fingerprint density at radius 3 is 2.54 bits per heavy atom. The topological polar surface area (TPSA) is 76.5 Å². The molecule has 0 bridgehead atoms. The second-order valence-corrected chi connectivity index (χ2v) is 7.19. The summed E-state index contributed by atoms with van der Waals surface area (Å²) in [6, 6.07) is 0. The van der Waals surface area contributed by atoms with Crippen LogP contribution in [-0.4, -0.2) is 24.9 Å². The molecule has 0 fully saturated rings. The predicted octanol–water partition coefficient (Wildman–Crippen LogP) is 4.64. The summed E-state index contributed by atoms with van der Waals surface area (Å²) in [6.45, 7) is 6.38. The van der Waals surface area contributed by atoms with Crippen LogP contribution >= 0.6 is 35.3 Å². The van der Waals surface area contributed by atoms with Crippen molar-refractivity contribution in [3.63, 3.8) is 0 Å². The van der Waals surface area contributed by atoms with Gasteiger partial charge in [0, 0.05) is 29.9 Å². The van der Waals surface area contributed by atoms with E-state index in [4.69, 9.17) is 11.6 Å². The SMILES string of the molecule is Cc1ncc(CNc2ncnc3c2sc2nc(C)c(Cl)c(C)c23)cn1.Cl. The van der Waals surface area contributed by atoms with E-state index in [-0.39, 0.29) is 12.4 Å². The van der Waals surface area contributed by atoms with Gasteiger partial charge in [-0.1, -0.05) is 11.6 Å². The number of nitrogens with zero attached hydrogens (tertiary/aromatic N) is 5. The Morgan fingerprint density at radius 2 is 1.81 bits per heavy atom. The van der Waals surface area contributed by atoms with Crippen LogP contribution in [0.3, 0.4) is 0 Å². The van der Waals surface area contributed by atoms with Crippen LogP contribution in [0.15, 0.2) is 18.7 Å². The van der Waals surface area contributed by atoms with Crippen LogP contribution in [0.1, 0.15) is 22.6 Å². The average molecular weight is 407 g/mol. The first kappa shape index (κ1) is 18.7. The van der Waals surface area contributed by atoms with Crippen molar-refractivity contribution in [3.05, 3.63) is 46.4 Å². The highest BCUT2D eigenvalue weighted by atomic mass is 35.5. The van der Waals surface area contributed by atoms with Crippen LogP contribution < -0.4 is 5.32 Å². The second-order valence-electron chi connectivity index (χ2n) is 5.81. The molecule has 0 aliphatic heterocycles. The van der Waals surface area contributed by atoms with E-state index < -0.39 is 0 Å². The van der Waals surface area contributed by atoms with E-state index in [0.29, 0.717) is 11.6 Å². The molecule has 4 aromatic heterocycles. The zero-order chi connectivity index (χ0) is 17.6. The largest absolute Gasteiger partial charge is 0.365 e. The molecule has 4 heterocycles. The Morgan fingerprint density at radius 1 is 1.08 bits per heavy atom. The smallest absolute Gasteiger partial charge is 0.147 e. The van der Waals surface area contributed by atoms with Gasteiger partial charge in [-0.3, -0.25) is 0 Å². The van der Waals surface area contributed by atoms with E-state index in [2.05, 4.69) is 30.2 Å². The number of rotatable bonds is 3. The summed E-state index contributed by atoms with van der Waals surface area (Å²) >= 11 is 7.95. The first-order valence-corrected chi connectivity index (χ1v) is 8.95. The number of fused-ring (bicyclic) bond motifs is 3. The average Bonchev–Trinajstić information content (AvgIpc) is 2.98. The molecule has 9 heteroatoms.